The van der Waals surface area contributed by atoms with Gasteiger partial charge in [-0.15, -0.1) is 0 Å². The first-order valence-corrected chi connectivity index (χ1v) is 8.30. The number of thioether (sulfide) groups is 1. The minimum absolute atomic E-state index is 0.00164. The van der Waals surface area contributed by atoms with Gasteiger partial charge >= 0.3 is 0 Å². The van der Waals surface area contributed by atoms with Gasteiger partial charge < -0.3 is 4.42 Å². The maximum atomic E-state index is 12.2. The number of fused-ring (bicyclic) bond motifs is 1. The first-order valence-electron chi connectivity index (χ1n) is 7.48. The van der Waals surface area contributed by atoms with E-state index in [1.54, 1.807) is 30.5 Å². The lowest BCUT2D eigenvalue weighted by atomic mass is 10.1. The zero-order chi connectivity index (χ0) is 17.2. The van der Waals surface area contributed by atoms with Crippen LogP contribution in [-0.4, -0.2) is 27.0 Å². The number of rotatable bonds is 3. The molecule has 2 aliphatic heterocycles. The number of hydrogen-bond donors (Lipinski definition) is 1. The molecule has 0 atom stereocenters. The number of aliphatic imine (C=N–C) groups is 1. The molecule has 0 saturated heterocycles. The number of amidine groups is 2. The van der Waals surface area contributed by atoms with Gasteiger partial charge in [-0.2, -0.15) is 15.1 Å². The van der Waals surface area contributed by atoms with Crippen molar-refractivity contribution in [2.45, 2.75) is 0 Å². The van der Waals surface area contributed by atoms with Crippen LogP contribution in [0.3, 0.4) is 0 Å². The molecule has 3 heterocycles. The summed E-state index contributed by atoms with van der Waals surface area (Å²) in [6.07, 6.45) is 6.73. The molecule has 0 aliphatic carbocycles. The zero-order valence-electron chi connectivity index (χ0n) is 12.9. The molecule has 0 bridgehead atoms. The highest BCUT2D eigenvalue weighted by Crippen LogP contribution is 2.30. The van der Waals surface area contributed by atoms with Crippen molar-refractivity contribution >= 4 is 39.8 Å². The molecule has 0 saturated carbocycles. The van der Waals surface area contributed by atoms with Gasteiger partial charge in [0.2, 0.25) is 5.17 Å². The molecular formula is C18H12N4O2S. The Morgan fingerprint density at radius 3 is 2.76 bits per heavy atom. The van der Waals surface area contributed by atoms with E-state index in [1.165, 1.54) is 16.8 Å². The minimum atomic E-state index is -0.447. The average Bonchev–Trinajstić information content (AvgIpc) is 3.28. The van der Waals surface area contributed by atoms with Gasteiger partial charge in [0, 0.05) is 0 Å². The highest BCUT2D eigenvalue weighted by molar-refractivity contribution is 8.27. The van der Waals surface area contributed by atoms with Gasteiger partial charge in [0.1, 0.15) is 0 Å². The van der Waals surface area contributed by atoms with Crippen LogP contribution in [0.2, 0.25) is 0 Å². The van der Waals surface area contributed by atoms with Crippen LogP contribution in [0, 0.1) is 5.41 Å². The molecule has 0 radical (unpaired) electrons. The van der Waals surface area contributed by atoms with Crippen LogP contribution in [0.4, 0.5) is 0 Å². The van der Waals surface area contributed by atoms with Gasteiger partial charge in [0.05, 0.1) is 11.8 Å². The number of carbonyl (C=O) groups excluding carboxylic acids is 1. The van der Waals surface area contributed by atoms with Gasteiger partial charge in [-0.05, 0) is 35.5 Å². The first kappa shape index (κ1) is 15.3. The largest absolute Gasteiger partial charge is 0.462 e. The Morgan fingerprint density at radius 2 is 2.00 bits per heavy atom. The van der Waals surface area contributed by atoms with Crippen LogP contribution in [-0.2, 0) is 4.79 Å². The zero-order valence-corrected chi connectivity index (χ0v) is 13.7. The number of allylic oxidation sites excluding steroid dienone is 2. The third-order valence-electron chi connectivity index (χ3n) is 3.54. The number of hydrazone groups is 1. The van der Waals surface area contributed by atoms with Crippen molar-refractivity contribution in [2.24, 2.45) is 10.1 Å². The molecule has 122 valence electrons. The first-order chi connectivity index (χ1) is 12.2. The van der Waals surface area contributed by atoms with Crippen LogP contribution < -0.4 is 0 Å². The van der Waals surface area contributed by atoms with E-state index >= 15 is 0 Å². The summed E-state index contributed by atoms with van der Waals surface area (Å²) in [6.45, 7) is 0. The molecule has 7 heteroatoms. The second-order valence-electron chi connectivity index (χ2n) is 5.19. The van der Waals surface area contributed by atoms with Crippen molar-refractivity contribution < 1.29 is 9.21 Å². The fraction of sp³-hybridized carbons (Fsp3) is 0. The highest BCUT2D eigenvalue weighted by Gasteiger charge is 2.36. The molecule has 2 aliphatic rings. The summed E-state index contributed by atoms with van der Waals surface area (Å²) in [6, 6.07) is 13.2. The quantitative estimate of drug-likeness (QED) is 0.861. The van der Waals surface area contributed by atoms with Crippen molar-refractivity contribution in [1.29, 1.82) is 5.41 Å². The minimum Gasteiger partial charge on any atom is -0.462 e. The van der Waals surface area contributed by atoms with Crippen LogP contribution in [0.5, 0.6) is 0 Å². The van der Waals surface area contributed by atoms with E-state index in [1.807, 2.05) is 36.4 Å². The third-order valence-corrected chi connectivity index (χ3v) is 4.46. The number of nitrogens with one attached hydrogen (secondary N) is 1. The topological polar surface area (TPSA) is 82.0 Å². The SMILES string of the molecule is N=C1/C(=C/C=C/c2ccccc2)C(=O)N=C2SC(c3ccco3)=NN12. The van der Waals surface area contributed by atoms with Crippen LogP contribution in [0.15, 0.2) is 81.0 Å². The molecule has 4 rings (SSSR count). The maximum absolute atomic E-state index is 12.2. The molecular weight excluding hydrogens is 336 g/mol. The third kappa shape index (κ3) is 2.97. The smallest absolute Gasteiger partial charge is 0.283 e. The Hall–Kier alpha value is -3.19. The van der Waals surface area contributed by atoms with E-state index in [4.69, 9.17) is 9.83 Å². The monoisotopic (exact) mass is 348 g/mol. The Labute approximate surface area is 147 Å². The summed E-state index contributed by atoms with van der Waals surface area (Å²) in [7, 11) is 0. The Balaban J connectivity index is 1.60. The predicted molar refractivity (Wildman–Crippen MR) is 98.4 cm³/mol. The standard InChI is InChI=1S/C18H12N4O2S/c19-15-13(9-4-8-12-6-2-1-3-7-12)16(23)20-18-22(15)21-17(25-18)14-10-5-11-24-14/h1-11,19H/b8-4+,13-9-,19-15?. The van der Waals surface area contributed by atoms with Crippen LogP contribution in [0.1, 0.15) is 11.3 Å². The number of nitrogens with zero attached hydrogens (tertiary/aromatic N) is 3. The number of amides is 1. The van der Waals surface area contributed by atoms with Crippen LogP contribution in [0.25, 0.3) is 6.08 Å². The summed E-state index contributed by atoms with van der Waals surface area (Å²) in [5.41, 5.74) is 1.20. The van der Waals surface area contributed by atoms with E-state index in [2.05, 4.69) is 10.1 Å². The van der Waals surface area contributed by atoms with Crippen molar-refractivity contribution in [3.05, 3.63) is 77.8 Å². The molecule has 0 unspecified atom stereocenters. The lowest BCUT2D eigenvalue weighted by Crippen LogP contribution is -2.35. The number of hydrogen-bond acceptors (Lipinski definition) is 5. The lowest BCUT2D eigenvalue weighted by Gasteiger charge is -2.19. The maximum Gasteiger partial charge on any atom is 0.283 e. The normalized spacial score (nSPS) is 18.7. The van der Waals surface area contributed by atoms with Crippen LogP contribution >= 0.6 is 11.8 Å². The summed E-state index contributed by atoms with van der Waals surface area (Å²) < 4.78 is 5.31. The fourth-order valence-electron chi connectivity index (χ4n) is 2.33. The number of benzene rings is 1. The summed E-state index contributed by atoms with van der Waals surface area (Å²) in [5.74, 6) is 0.135. The second kappa shape index (κ2) is 6.37. The van der Waals surface area contributed by atoms with Crippen molar-refractivity contribution in [2.75, 3.05) is 0 Å². The van der Waals surface area contributed by atoms with E-state index in [-0.39, 0.29) is 11.4 Å². The van der Waals surface area contributed by atoms with Gasteiger partial charge in [-0.3, -0.25) is 10.2 Å². The summed E-state index contributed by atoms with van der Waals surface area (Å²) in [5, 5.41) is 14.9. The van der Waals surface area contributed by atoms with E-state index in [0.29, 0.717) is 16.0 Å². The molecule has 1 amide bonds. The Kier molecular flexibility index (Phi) is 3.91. The summed E-state index contributed by atoms with van der Waals surface area (Å²) >= 11 is 1.21. The molecule has 2 aromatic rings. The molecule has 25 heavy (non-hydrogen) atoms. The van der Waals surface area contributed by atoms with Gasteiger partial charge in [-0.25, -0.2) is 0 Å². The van der Waals surface area contributed by atoms with Gasteiger partial charge in [0.15, 0.2) is 16.6 Å². The Bertz CT molecular complexity index is 956. The lowest BCUT2D eigenvalue weighted by molar-refractivity contribution is -0.114. The van der Waals surface area contributed by atoms with E-state index in [9.17, 15) is 4.79 Å². The summed E-state index contributed by atoms with van der Waals surface area (Å²) in [4.78, 5) is 16.3. The predicted octanol–water partition coefficient (Wildman–Crippen LogP) is 3.50. The molecule has 1 aromatic carbocycles. The molecule has 0 fully saturated rings. The average molecular weight is 348 g/mol. The van der Waals surface area contributed by atoms with Crippen molar-refractivity contribution in [1.82, 2.24) is 5.01 Å². The van der Waals surface area contributed by atoms with E-state index < -0.39 is 5.91 Å². The van der Waals surface area contributed by atoms with E-state index in [0.717, 1.165) is 5.56 Å². The second-order valence-corrected chi connectivity index (χ2v) is 6.15. The molecule has 0 spiro atoms. The molecule has 1 aromatic heterocycles. The van der Waals surface area contributed by atoms with Crippen molar-refractivity contribution in [3.8, 4) is 0 Å². The fourth-order valence-corrected chi connectivity index (χ4v) is 3.19. The van der Waals surface area contributed by atoms with Crippen molar-refractivity contribution in [3.63, 3.8) is 0 Å². The van der Waals surface area contributed by atoms with Gasteiger partial charge in [0.25, 0.3) is 5.91 Å². The van der Waals surface area contributed by atoms with Gasteiger partial charge in [-0.1, -0.05) is 42.5 Å². The Morgan fingerprint density at radius 1 is 1.16 bits per heavy atom. The number of furan rings is 1. The molecule has 6 nitrogen and oxygen atoms in total. The highest BCUT2D eigenvalue weighted by atomic mass is 32.2. The molecule has 1 N–H and O–H groups in total. The number of carbonyl (C=O) groups is 1.